The number of fused-ring (bicyclic) bond motifs is 8. The van der Waals surface area contributed by atoms with Gasteiger partial charge in [-0.2, -0.15) is 0 Å². The second-order valence-electron chi connectivity index (χ2n) is 25.4. The first-order valence-corrected chi connectivity index (χ1v) is 35.3. The lowest BCUT2D eigenvalue weighted by Gasteiger charge is -2.44. The summed E-state index contributed by atoms with van der Waals surface area (Å²) in [5, 5.41) is 0. The molecule has 0 atom stereocenters. The van der Waals surface area contributed by atoms with E-state index in [0.717, 1.165) is 56.6 Å². The molecule has 0 aromatic heterocycles. The molecule has 19 rings (SSSR count). The lowest BCUT2D eigenvalue weighted by Crippen LogP contribution is -2.64. The summed E-state index contributed by atoms with van der Waals surface area (Å²) >= 11 is 3.91. The molecule has 4 aliphatic rings. The summed E-state index contributed by atoms with van der Waals surface area (Å²) in [6, 6.07) is 135. The van der Waals surface area contributed by atoms with Gasteiger partial charge in [0, 0.05) is 93.4 Å². The van der Waals surface area contributed by atoms with Gasteiger partial charge in [-0.25, -0.2) is 0 Å². The monoisotopic (exact) mass is 1280 g/mol. The van der Waals surface area contributed by atoms with E-state index in [-0.39, 0.29) is 13.4 Å². The molecule has 0 aliphatic carbocycles. The minimum Gasteiger partial charge on any atom is -0.311 e. The SMILES string of the molecule is c1ccc(-c2cc(-c3ccccc3)c(-c3c4c(cc5c3Sc3cc(N(c6ccccc6)c6ccccc6)cc6c3B5c3ccccc3N6c3ccccc3)B3c5ccccc5N(c5ccccc5)c5cc(N(c6ccccc6)c6ccccc6)cc(c53)S4)c(-c3ccccc3)c2)cc1. The predicted molar refractivity (Wildman–Crippen MR) is 417 cm³/mol. The van der Waals surface area contributed by atoms with E-state index in [1.54, 1.807) is 0 Å². The van der Waals surface area contributed by atoms with Crippen LogP contribution in [-0.4, -0.2) is 13.4 Å². The Hall–Kier alpha value is -11.7. The average Bonchev–Trinajstić information content (AvgIpc) is 0.687. The number of hydrogen-bond donors (Lipinski definition) is 0. The van der Waals surface area contributed by atoms with E-state index in [1.165, 1.54) is 108 Å². The van der Waals surface area contributed by atoms with Crippen LogP contribution in [0.2, 0.25) is 0 Å². The number of nitrogens with zero attached hydrogens (tertiary/aromatic N) is 4. The molecule has 0 fully saturated rings. The fraction of sp³-hybridized carbons (Fsp3) is 0. The van der Waals surface area contributed by atoms with Gasteiger partial charge < -0.3 is 19.6 Å². The van der Waals surface area contributed by atoms with E-state index in [9.17, 15) is 0 Å². The molecule has 0 N–H and O–H groups in total. The van der Waals surface area contributed by atoms with Crippen LogP contribution in [0.25, 0.3) is 44.5 Å². The third-order valence-electron chi connectivity index (χ3n) is 19.8. The highest BCUT2D eigenvalue weighted by atomic mass is 32.2. The smallest absolute Gasteiger partial charge is 0.249 e. The molecule has 0 bridgehead atoms. The van der Waals surface area contributed by atoms with Gasteiger partial charge in [-0.15, -0.1) is 0 Å². The highest BCUT2D eigenvalue weighted by molar-refractivity contribution is 8.01. The summed E-state index contributed by atoms with van der Waals surface area (Å²) in [6.45, 7) is -0.343. The highest BCUT2D eigenvalue weighted by Crippen LogP contribution is 2.56. The zero-order valence-electron chi connectivity index (χ0n) is 53.4. The summed E-state index contributed by atoms with van der Waals surface area (Å²) in [6.07, 6.45) is 0. The first kappa shape index (κ1) is 57.7. The molecule has 0 unspecified atom stereocenters. The van der Waals surface area contributed by atoms with Crippen LogP contribution in [0.15, 0.2) is 384 Å². The van der Waals surface area contributed by atoms with Gasteiger partial charge in [0.2, 0.25) is 13.4 Å². The summed E-state index contributed by atoms with van der Waals surface area (Å²) < 4.78 is 0. The van der Waals surface area contributed by atoms with Crippen LogP contribution in [0.3, 0.4) is 0 Å². The van der Waals surface area contributed by atoms with Crippen LogP contribution in [0.1, 0.15) is 0 Å². The summed E-state index contributed by atoms with van der Waals surface area (Å²) in [5.74, 6) is 0. The van der Waals surface area contributed by atoms with Crippen molar-refractivity contribution in [1.29, 1.82) is 0 Å². The molecule has 4 heterocycles. The largest absolute Gasteiger partial charge is 0.311 e. The minimum atomic E-state index is -0.172. The molecule has 0 amide bonds. The average molecular weight is 1280 g/mol. The maximum absolute atomic E-state index is 2.69. The topological polar surface area (TPSA) is 13.0 Å². The van der Waals surface area contributed by atoms with E-state index < -0.39 is 0 Å². The Balaban J connectivity index is 0.971. The van der Waals surface area contributed by atoms with Crippen molar-refractivity contribution in [2.75, 3.05) is 19.6 Å². The van der Waals surface area contributed by atoms with Crippen molar-refractivity contribution < 1.29 is 0 Å². The fourth-order valence-electron chi connectivity index (χ4n) is 15.8. The van der Waals surface area contributed by atoms with Gasteiger partial charge in [0.05, 0.1) is 0 Å². The van der Waals surface area contributed by atoms with Crippen molar-refractivity contribution in [3.05, 3.63) is 364 Å². The van der Waals surface area contributed by atoms with E-state index in [4.69, 9.17) is 0 Å². The lowest BCUT2D eigenvalue weighted by atomic mass is 9.31. The Morgan fingerprint density at radius 1 is 0.235 bits per heavy atom. The zero-order chi connectivity index (χ0) is 64.6. The first-order chi connectivity index (χ1) is 48.7. The van der Waals surface area contributed by atoms with Gasteiger partial charge in [0.15, 0.2) is 0 Å². The van der Waals surface area contributed by atoms with Crippen LogP contribution >= 0.6 is 23.5 Å². The number of hydrogen-bond acceptors (Lipinski definition) is 6. The Morgan fingerprint density at radius 2 is 0.551 bits per heavy atom. The molecule has 4 nitrogen and oxygen atoms in total. The normalized spacial score (nSPS) is 12.7. The molecule has 4 aliphatic heterocycles. The maximum atomic E-state index is 2.69. The number of benzene rings is 15. The van der Waals surface area contributed by atoms with Gasteiger partial charge in [0.1, 0.15) is 0 Å². The van der Waals surface area contributed by atoms with E-state index >= 15 is 0 Å². The summed E-state index contributed by atoms with van der Waals surface area (Å²) in [7, 11) is 0. The first-order valence-electron chi connectivity index (χ1n) is 33.6. The quantitative estimate of drug-likeness (QED) is 0.112. The van der Waals surface area contributed by atoms with Crippen LogP contribution in [-0.2, 0) is 0 Å². The fourth-order valence-corrected chi connectivity index (χ4v) is 18.5. The van der Waals surface area contributed by atoms with Crippen molar-refractivity contribution in [2.24, 2.45) is 0 Å². The molecular formula is C90H60B2N4S2. The molecular weight excluding hydrogens is 1220 g/mol. The maximum Gasteiger partial charge on any atom is 0.249 e. The van der Waals surface area contributed by atoms with Crippen molar-refractivity contribution in [3.63, 3.8) is 0 Å². The van der Waals surface area contributed by atoms with Crippen molar-refractivity contribution in [1.82, 2.24) is 0 Å². The number of rotatable bonds is 12. The molecule has 98 heavy (non-hydrogen) atoms. The molecule has 458 valence electrons. The number of anilines is 12. The van der Waals surface area contributed by atoms with E-state index in [0.29, 0.717) is 0 Å². The van der Waals surface area contributed by atoms with Gasteiger partial charge in [-0.05, 0) is 182 Å². The van der Waals surface area contributed by atoms with Gasteiger partial charge in [-0.3, -0.25) is 0 Å². The molecule has 0 spiro atoms. The van der Waals surface area contributed by atoms with Gasteiger partial charge in [0.25, 0.3) is 0 Å². The van der Waals surface area contributed by atoms with Crippen molar-refractivity contribution in [3.8, 4) is 44.5 Å². The zero-order valence-corrected chi connectivity index (χ0v) is 55.0. The molecule has 0 saturated carbocycles. The summed E-state index contributed by atoms with van der Waals surface area (Å²) in [5.41, 5.74) is 30.7. The van der Waals surface area contributed by atoms with Crippen LogP contribution in [0, 0.1) is 0 Å². The van der Waals surface area contributed by atoms with E-state index in [2.05, 4.69) is 384 Å². The molecule has 0 saturated heterocycles. The van der Waals surface area contributed by atoms with E-state index in [1.807, 2.05) is 23.5 Å². The molecule has 0 radical (unpaired) electrons. The minimum absolute atomic E-state index is 0.172. The van der Waals surface area contributed by atoms with Crippen LogP contribution < -0.4 is 52.4 Å². The van der Waals surface area contributed by atoms with Gasteiger partial charge >= 0.3 is 0 Å². The molecule has 8 heteroatoms. The second kappa shape index (κ2) is 24.2. The number of para-hydroxylation sites is 8. The Kier molecular flexibility index (Phi) is 14.3. The summed E-state index contributed by atoms with van der Waals surface area (Å²) in [4.78, 5) is 14.9. The van der Waals surface area contributed by atoms with Gasteiger partial charge in [-0.1, -0.05) is 277 Å². The highest BCUT2D eigenvalue weighted by Gasteiger charge is 2.48. The van der Waals surface area contributed by atoms with Crippen molar-refractivity contribution >= 4 is 138 Å². The Bertz CT molecular complexity index is 5130. The molecule has 15 aromatic rings. The Morgan fingerprint density at radius 3 is 0.918 bits per heavy atom. The van der Waals surface area contributed by atoms with Crippen molar-refractivity contribution in [2.45, 2.75) is 19.6 Å². The lowest BCUT2D eigenvalue weighted by molar-refractivity contribution is 1.22. The predicted octanol–water partition coefficient (Wildman–Crippen LogP) is 20.8. The Labute approximate surface area is 581 Å². The van der Waals surface area contributed by atoms with Crippen LogP contribution in [0.5, 0.6) is 0 Å². The second-order valence-corrected chi connectivity index (χ2v) is 27.5. The molecule has 15 aromatic carbocycles. The standard InChI is InChI=1S/C90H60B2N4S2/c1-10-32-61(33-11-1)64-54-73(62-34-12-2-13-35-62)85(74(55-64)63-36-14-3-15-37-63)86-89-77(91-75-50-28-30-52-79(75)95(69-46-24-8-25-47-69)81-56-71(58-83(97-89)87(81)91)93(65-38-16-4-17-39-65)66-40-18-5-19-41-66)60-78-90(86)98-84-59-72(94(67-42-20-6-21-43-67)68-44-22-7-23-45-68)57-82-88(84)92(78)76-51-29-31-53-80(76)96(82)70-48-26-9-27-49-70/h1-60H. The third kappa shape index (κ3) is 9.65. The third-order valence-corrected chi connectivity index (χ3v) is 22.3. The van der Waals surface area contributed by atoms with Crippen LogP contribution in [0.4, 0.5) is 68.2 Å².